The number of hydrogen-bond donors (Lipinski definition) is 1. The fourth-order valence-corrected chi connectivity index (χ4v) is 2.77. The molecule has 1 aromatic carbocycles. The van der Waals surface area contributed by atoms with E-state index in [1.54, 1.807) is 0 Å². The van der Waals surface area contributed by atoms with Gasteiger partial charge in [-0.15, -0.1) is 0 Å². The molecule has 0 saturated carbocycles. The van der Waals surface area contributed by atoms with Crippen LogP contribution in [0.25, 0.3) is 0 Å². The lowest BCUT2D eigenvalue weighted by Crippen LogP contribution is -2.42. The van der Waals surface area contributed by atoms with E-state index in [-0.39, 0.29) is 0 Å². The number of hydrogen-bond acceptors (Lipinski definition) is 3. The highest BCUT2D eigenvalue weighted by molar-refractivity contribution is 14.1. The van der Waals surface area contributed by atoms with Crippen molar-refractivity contribution in [1.29, 1.82) is 0 Å². The summed E-state index contributed by atoms with van der Waals surface area (Å²) in [7, 11) is 0. The van der Waals surface area contributed by atoms with Crippen molar-refractivity contribution in [3.63, 3.8) is 0 Å². The zero-order valence-corrected chi connectivity index (χ0v) is 13.3. The van der Waals surface area contributed by atoms with Gasteiger partial charge < -0.3 is 14.8 Å². The van der Waals surface area contributed by atoms with Crippen molar-refractivity contribution in [2.24, 2.45) is 0 Å². The molecule has 0 radical (unpaired) electrons. The fourth-order valence-electron chi connectivity index (χ4n) is 2.14. The Labute approximate surface area is 126 Å². The van der Waals surface area contributed by atoms with Crippen LogP contribution in [0.5, 0.6) is 0 Å². The van der Waals surface area contributed by atoms with Gasteiger partial charge in [0.15, 0.2) is 0 Å². The van der Waals surface area contributed by atoms with Crippen LogP contribution in [0.3, 0.4) is 0 Å². The molecule has 1 aliphatic heterocycles. The van der Waals surface area contributed by atoms with Gasteiger partial charge >= 0.3 is 0 Å². The molecule has 100 valence electrons. The van der Waals surface area contributed by atoms with Gasteiger partial charge in [-0.1, -0.05) is 17.7 Å². The van der Waals surface area contributed by atoms with E-state index in [0.29, 0.717) is 13.2 Å². The van der Waals surface area contributed by atoms with Crippen molar-refractivity contribution < 1.29 is 9.47 Å². The van der Waals surface area contributed by atoms with E-state index in [2.05, 4.69) is 34.0 Å². The summed E-state index contributed by atoms with van der Waals surface area (Å²) in [5.74, 6) is 0. The Morgan fingerprint density at radius 1 is 1.56 bits per heavy atom. The van der Waals surface area contributed by atoms with Gasteiger partial charge in [-0.2, -0.15) is 0 Å². The quantitative estimate of drug-likeness (QED) is 0.817. The third-order valence-corrected chi connectivity index (χ3v) is 4.58. The Morgan fingerprint density at radius 3 is 3.11 bits per heavy atom. The molecule has 1 saturated heterocycles. The molecule has 1 N–H and O–H groups in total. The second kappa shape index (κ2) is 6.52. The molecule has 0 aliphatic carbocycles. The Bertz CT molecular complexity index is 406. The number of nitrogens with one attached hydrogen (secondary N) is 1. The average molecular weight is 382 g/mol. The smallest absolute Gasteiger partial charge is 0.129 e. The summed E-state index contributed by atoms with van der Waals surface area (Å²) < 4.78 is 12.7. The summed E-state index contributed by atoms with van der Waals surface area (Å²) in [6.45, 7) is 5.58. The van der Waals surface area contributed by atoms with Crippen LogP contribution in [0.1, 0.15) is 12.5 Å². The van der Waals surface area contributed by atoms with Gasteiger partial charge in [0.2, 0.25) is 0 Å². The maximum Gasteiger partial charge on any atom is 0.129 e. The molecule has 1 aliphatic rings. The second-order valence-corrected chi connectivity index (χ2v) is 5.85. The average Bonchev–Trinajstić information content (AvgIpc) is 2.60. The highest BCUT2D eigenvalue weighted by atomic mass is 127. The van der Waals surface area contributed by atoms with E-state index in [0.717, 1.165) is 33.9 Å². The molecule has 3 nitrogen and oxygen atoms in total. The van der Waals surface area contributed by atoms with E-state index >= 15 is 0 Å². The minimum atomic E-state index is -0.407. The molecular weight excluding hydrogens is 365 g/mol. The number of benzene rings is 1. The van der Waals surface area contributed by atoms with Crippen molar-refractivity contribution in [2.75, 3.05) is 32.9 Å². The van der Waals surface area contributed by atoms with Crippen molar-refractivity contribution >= 4 is 34.2 Å². The van der Waals surface area contributed by atoms with Crippen LogP contribution in [-0.4, -0.2) is 32.9 Å². The van der Waals surface area contributed by atoms with E-state index in [1.807, 2.05) is 19.1 Å². The van der Waals surface area contributed by atoms with Crippen LogP contribution in [0.15, 0.2) is 18.2 Å². The second-order valence-electron chi connectivity index (χ2n) is 4.29. The first-order valence-corrected chi connectivity index (χ1v) is 7.51. The molecule has 1 fully saturated rings. The first kappa shape index (κ1) is 14.5. The van der Waals surface area contributed by atoms with E-state index < -0.39 is 5.60 Å². The summed E-state index contributed by atoms with van der Waals surface area (Å²) in [5.41, 5.74) is 0.711. The highest BCUT2D eigenvalue weighted by Gasteiger charge is 2.34. The van der Waals surface area contributed by atoms with Crippen molar-refractivity contribution in [1.82, 2.24) is 5.32 Å². The SMILES string of the molecule is CCOC1(c2ccc(Cl)c(I)c2)CNCCOC1. The summed E-state index contributed by atoms with van der Waals surface area (Å²) >= 11 is 8.32. The topological polar surface area (TPSA) is 30.5 Å². The lowest BCUT2D eigenvalue weighted by atomic mass is 9.94. The van der Waals surface area contributed by atoms with Crippen LogP contribution in [-0.2, 0) is 15.1 Å². The normalized spacial score (nSPS) is 24.8. The zero-order valence-electron chi connectivity index (χ0n) is 10.3. The molecule has 5 heteroatoms. The number of ether oxygens (including phenoxy) is 2. The zero-order chi connectivity index (χ0) is 13.0. The van der Waals surface area contributed by atoms with Crippen molar-refractivity contribution in [3.8, 4) is 0 Å². The Morgan fingerprint density at radius 2 is 2.39 bits per heavy atom. The molecule has 1 unspecified atom stereocenters. The molecule has 18 heavy (non-hydrogen) atoms. The maximum atomic E-state index is 6.08. The molecule has 1 heterocycles. The summed E-state index contributed by atoms with van der Waals surface area (Å²) in [6, 6.07) is 6.02. The predicted molar refractivity (Wildman–Crippen MR) is 81.2 cm³/mol. The first-order valence-electron chi connectivity index (χ1n) is 6.06. The first-order chi connectivity index (χ1) is 8.68. The molecule has 0 aromatic heterocycles. The lowest BCUT2D eigenvalue weighted by Gasteiger charge is -2.32. The third kappa shape index (κ3) is 3.17. The molecule has 2 rings (SSSR count). The summed E-state index contributed by atoms with van der Waals surface area (Å²) in [6.07, 6.45) is 0. The molecular formula is C13H17ClINO2. The van der Waals surface area contributed by atoms with Crippen LogP contribution in [0.2, 0.25) is 5.02 Å². The summed E-state index contributed by atoms with van der Waals surface area (Å²) in [4.78, 5) is 0. The molecule has 0 spiro atoms. The minimum absolute atomic E-state index is 0.407. The highest BCUT2D eigenvalue weighted by Crippen LogP contribution is 2.30. The predicted octanol–water partition coefficient (Wildman–Crippen LogP) is 2.80. The van der Waals surface area contributed by atoms with Gasteiger partial charge in [0.25, 0.3) is 0 Å². The van der Waals surface area contributed by atoms with Crippen LogP contribution < -0.4 is 5.32 Å². The van der Waals surface area contributed by atoms with E-state index in [9.17, 15) is 0 Å². The Balaban J connectivity index is 2.35. The molecule has 1 aromatic rings. The largest absolute Gasteiger partial charge is 0.377 e. The Kier molecular flexibility index (Phi) is 5.26. The Hall–Kier alpha value is 0.120. The van der Waals surface area contributed by atoms with Gasteiger partial charge in [0.05, 0.1) is 18.2 Å². The van der Waals surface area contributed by atoms with Crippen LogP contribution in [0, 0.1) is 3.57 Å². The van der Waals surface area contributed by atoms with Crippen LogP contribution >= 0.6 is 34.2 Å². The van der Waals surface area contributed by atoms with E-state index in [4.69, 9.17) is 21.1 Å². The van der Waals surface area contributed by atoms with Crippen LogP contribution in [0.4, 0.5) is 0 Å². The summed E-state index contributed by atoms with van der Waals surface area (Å²) in [5, 5.41) is 4.14. The van der Waals surface area contributed by atoms with E-state index in [1.165, 1.54) is 0 Å². The molecule has 1 atom stereocenters. The molecule has 0 bridgehead atoms. The van der Waals surface area contributed by atoms with Crippen molar-refractivity contribution in [2.45, 2.75) is 12.5 Å². The number of halogens is 2. The lowest BCUT2D eigenvalue weighted by molar-refractivity contribution is -0.0855. The van der Waals surface area contributed by atoms with Gasteiger partial charge in [-0.25, -0.2) is 0 Å². The number of rotatable bonds is 3. The monoisotopic (exact) mass is 381 g/mol. The molecule has 0 amide bonds. The fraction of sp³-hybridized carbons (Fsp3) is 0.538. The van der Waals surface area contributed by atoms with Gasteiger partial charge in [-0.05, 0) is 47.2 Å². The standard InChI is InChI=1S/C13H17ClINO2/c1-2-18-13(8-16-5-6-17-9-13)10-3-4-11(14)12(15)7-10/h3-4,7,16H,2,5-6,8-9H2,1H3. The van der Waals surface area contributed by atoms with Crippen molar-refractivity contribution in [3.05, 3.63) is 32.4 Å². The maximum absolute atomic E-state index is 6.08. The third-order valence-electron chi connectivity index (χ3n) is 3.04. The van der Waals surface area contributed by atoms with Gasteiger partial charge in [-0.3, -0.25) is 0 Å². The minimum Gasteiger partial charge on any atom is -0.377 e. The van der Waals surface area contributed by atoms with Gasteiger partial charge in [0.1, 0.15) is 5.60 Å². The van der Waals surface area contributed by atoms with Gasteiger partial charge in [0, 0.05) is 23.3 Å².